The second kappa shape index (κ2) is 8.48. The number of carbonyl (C=O) groups excluding carboxylic acids is 1. The number of benzene rings is 2. The lowest BCUT2D eigenvalue weighted by Crippen LogP contribution is -2.25. The number of halogens is 3. The molecule has 6 nitrogen and oxygen atoms in total. The van der Waals surface area contributed by atoms with Crippen LogP contribution >= 0.6 is 0 Å². The summed E-state index contributed by atoms with van der Waals surface area (Å²) in [7, 11) is 1.77. The van der Waals surface area contributed by atoms with E-state index in [9.17, 15) is 13.6 Å². The van der Waals surface area contributed by atoms with Crippen molar-refractivity contribution in [3.63, 3.8) is 0 Å². The Labute approximate surface area is 202 Å². The Morgan fingerprint density at radius 1 is 1.20 bits per heavy atom. The lowest BCUT2D eigenvalue weighted by molar-refractivity contribution is 0.0115. The molecule has 1 saturated heterocycles. The number of alkyl halides is 3. The summed E-state index contributed by atoms with van der Waals surface area (Å²) in [5.41, 5.74) is 2.67. The predicted molar refractivity (Wildman–Crippen MR) is 126 cm³/mol. The topological polar surface area (TPSA) is 54.3 Å². The highest BCUT2D eigenvalue weighted by Gasteiger charge is 2.38. The first-order valence-electron chi connectivity index (χ1n) is 11.7. The molecular formula is C26H28F3N5O. The normalized spacial score (nSPS) is 19.3. The molecule has 0 radical (unpaired) electrons. The Kier molecular flexibility index (Phi) is 5.70. The largest absolute Gasteiger partial charge is 0.321 e. The van der Waals surface area contributed by atoms with Gasteiger partial charge >= 0.3 is 0 Å². The fourth-order valence-corrected chi connectivity index (χ4v) is 5.03. The summed E-state index contributed by atoms with van der Waals surface area (Å²) in [6, 6.07) is 10.8. The molecule has 0 unspecified atom stereocenters. The van der Waals surface area contributed by atoms with Crippen LogP contribution in [0.3, 0.4) is 0 Å². The number of hydrogen-bond acceptors (Lipinski definition) is 4. The zero-order valence-electron chi connectivity index (χ0n) is 20.1. The number of rotatable bonds is 6. The third-order valence-electron chi connectivity index (χ3n) is 7.03. The van der Waals surface area contributed by atoms with Gasteiger partial charge in [0.25, 0.3) is 11.8 Å². The van der Waals surface area contributed by atoms with Gasteiger partial charge in [-0.25, -0.2) is 13.2 Å². The first-order valence-corrected chi connectivity index (χ1v) is 11.7. The second-order valence-electron chi connectivity index (χ2n) is 9.93. The van der Waals surface area contributed by atoms with Crippen LogP contribution in [0.1, 0.15) is 51.8 Å². The SMILES string of the molecule is Cc1cc(CN2CCC(F)(F)C2)cc2c1CN(c1cccc([C@@](C)(F)Cc3nncn3C)c1)C2=O. The third-order valence-corrected chi connectivity index (χ3v) is 7.03. The maximum absolute atomic E-state index is 15.7. The van der Waals surface area contributed by atoms with E-state index in [0.29, 0.717) is 42.3 Å². The fraction of sp³-hybridized carbons (Fsp3) is 0.423. The van der Waals surface area contributed by atoms with Crippen molar-refractivity contribution in [1.29, 1.82) is 0 Å². The lowest BCUT2D eigenvalue weighted by Gasteiger charge is -2.23. The molecular weight excluding hydrogens is 455 g/mol. The van der Waals surface area contributed by atoms with Crippen LogP contribution in [0.25, 0.3) is 0 Å². The summed E-state index contributed by atoms with van der Waals surface area (Å²) in [6.07, 6.45) is 1.46. The highest BCUT2D eigenvalue weighted by atomic mass is 19.3. The highest BCUT2D eigenvalue weighted by Crippen LogP contribution is 2.36. The van der Waals surface area contributed by atoms with E-state index >= 15 is 4.39 Å². The molecule has 0 bridgehead atoms. The van der Waals surface area contributed by atoms with Crippen molar-refractivity contribution in [2.45, 2.75) is 51.4 Å². The number of anilines is 1. The molecule has 2 aromatic carbocycles. The van der Waals surface area contributed by atoms with Crippen molar-refractivity contribution in [2.24, 2.45) is 7.05 Å². The number of aromatic nitrogens is 3. The molecule has 1 aromatic heterocycles. The summed E-state index contributed by atoms with van der Waals surface area (Å²) in [4.78, 5) is 16.8. The van der Waals surface area contributed by atoms with Gasteiger partial charge in [-0.3, -0.25) is 9.69 Å². The summed E-state index contributed by atoms with van der Waals surface area (Å²) < 4.78 is 44.6. The fourth-order valence-electron chi connectivity index (χ4n) is 5.03. The molecule has 3 heterocycles. The van der Waals surface area contributed by atoms with Gasteiger partial charge in [0.05, 0.1) is 13.1 Å². The zero-order chi connectivity index (χ0) is 25.0. The molecule has 1 fully saturated rings. The van der Waals surface area contributed by atoms with Gasteiger partial charge in [-0.05, 0) is 54.3 Å². The maximum atomic E-state index is 15.7. The molecule has 5 rings (SSSR count). The molecule has 0 N–H and O–H groups in total. The standard InChI is InChI=1S/C26H28F3N5O/c1-17-9-18(13-33-8-7-26(28,29)15-33)10-21-22(17)14-34(24(21)35)20-6-4-5-19(11-20)25(2,27)12-23-31-30-16-32(23)3/h4-6,9-11,16H,7-8,12-15H2,1-3H3/t25-/m0/s1. The Morgan fingerprint density at radius 3 is 2.69 bits per heavy atom. The van der Waals surface area contributed by atoms with Crippen molar-refractivity contribution in [3.05, 3.63) is 76.4 Å². The Hall–Kier alpha value is -3.20. The van der Waals surface area contributed by atoms with E-state index in [1.54, 1.807) is 45.7 Å². The minimum Gasteiger partial charge on any atom is -0.321 e. The van der Waals surface area contributed by atoms with Gasteiger partial charge in [-0.1, -0.05) is 18.2 Å². The van der Waals surface area contributed by atoms with E-state index in [1.165, 1.54) is 13.3 Å². The molecule has 3 aromatic rings. The van der Waals surface area contributed by atoms with Gasteiger partial charge in [0.15, 0.2) is 0 Å². The molecule has 2 aliphatic heterocycles. The Balaban J connectivity index is 1.38. The van der Waals surface area contributed by atoms with E-state index in [2.05, 4.69) is 10.2 Å². The van der Waals surface area contributed by atoms with E-state index in [4.69, 9.17) is 0 Å². The van der Waals surface area contributed by atoms with Crippen LogP contribution in [0.2, 0.25) is 0 Å². The molecule has 0 saturated carbocycles. The van der Waals surface area contributed by atoms with Gasteiger partial charge in [-0.2, -0.15) is 0 Å². The second-order valence-corrected chi connectivity index (χ2v) is 9.93. The van der Waals surface area contributed by atoms with Gasteiger partial charge in [0.2, 0.25) is 0 Å². The number of fused-ring (bicyclic) bond motifs is 1. The first-order chi connectivity index (χ1) is 16.5. The number of amides is 1. The number of likely N-dealkylation sites (tertiary alicyclic amines) is 1. The van der Waals surface area contributed by atoms with E-state index < -0.39 is 11.6 Å². The number of hydrogen-bond donors (Lipinski definition) is 0. The lowest BCUT2D eigenvalue weighted by atomic mass is 9.93. The van der Waals surface area contributed by atoms with Crippen molar-refractivity contribution in [2.75, 3.05) is 18.0 Å². The van der Waals surface area contributed by atoms with Crippen LogP contribution in [-0.2, 0) is 32.2 Å². The predicted octanol–water partition coefficient (Wildman–Crippen LogP) is 4.55. The summed E-state index contributed by atoms with van der Waals surface area (Å²) in [5, 5.41) is 7.81. The third kappa shape index (κ3) is 4.57. The maximum Gasteiger partial charge on any atom is 0.261 e. The number of aryl methyl sites for hydroxylation is 2. The Morgan fingerprint density at radius 2 is 2.00 bits per heavy atom. The average Bonchev–Trinajstić information content (AvgIpc) is 3.46. The first kappa shape index (κ1) is 23.5. The van der Waals surface area contributed by atoms with Crippen LogP contribution in [0.4, 0.5) is 18.9 Å². The molecule has 9 heteroatoms. The molecule has 2 aliphatic rings. The van der Waals surface area contributed by atoms with Gasteiger partial charge in [-0.15, -0.1) is 10.2 Å². The molecule has 1 amide bonds. The highest BCUT2D eigenvalue weighted by molar-refractivity contribution is 6.10. The molecule has 0 aliphatic carbocycles. The monoisotopic (exact) mass is 483 g/mol. The van der Waals surface area contributed by atoms with E-state index in [1.807, 2.05) is 19.1 Å². The van der Waals surface area contributed by atoms with Crippen LogP contribution in [0.5, 0.6) is 0 Å². The van der Waals surface area contributed by atoms with Crippen LogP contribution in [0.15, 0.2) is 42.7 Å². The van der Waals surface area contributed by atoms with Crippen LogP contribution < -0.4 is 4.90 Å². The number of carbonyl (C=O) groups is 1. The van der Waals surface area contributed by atoms with Gasteiger partial charge in [0, 0.05) is 44.2 Å². The summed E-state index contributed by atoms with van der Waals surface area (Å²) in [5.74, 6) is -2.28. The molecule has 0 spiro atoms. The summed E-state index contributed by atoms with van der Waals surface area (Å²) >= 11 is 0. The van der Waals surface area contributed by atoms with Crippen molar-refractivity contribution in [1.82, 2.24) is 19.7 Å². The van der Waals surface area contributed by atoms with Crippen LogP contribution in [-0.4, -0.2) is 44.6 Å². The minimum absolute atomic E-state index is 0.0547. The van der Waals surface area contributed by atoms with Crippen molar-refractivity contribution >= 4 is 11.6 Å². The van der Waals surface area contributed by atoms with Gasteiger partial charge < -0.3 is 9.47 Å². The molecule has 184 valence electrons. The minimum atomic E-state index is -2.65. The van der Waals surface area contributed by atoms with E-state index in [-0.39, 0.29) is 25.3 Å². The Bertz CT molecular complexity index is 1290. The zero-order valence-corrected chi connectivity index (χ0v) is 20.1. The van der Waals surface area contributed by atoms with Crippen molar-refractivity contribution < 1.29 is 18.0 Å². The van der Waals surface area contributed by atoms with Crippen LogP contribution in [0, 0.1) is 6.92 Å². The smallest absolute Gasteiger partial charge is 0.261 e. The number of nitrogens with zero attached hydrogens (tertiary/aromatic N) is 5. The average molecular weight is 484 g/mol. The van der Waals surface area contributed by atoms with Crippen molar-refractivity contribution in [3.8, 4) is 0 Å². The van der Waals surface area contributed by atoms with E-state index in [0.717, 1.165) is 16.7 Å². The molecule has 1 atom stereocenters. The quantitative estimate of drug-likeness (QED) is 0.516. The molecule has 35 heavy (non-hydrogen) atoms. The summed E-state index contributed by atoms with van der Waals surface area (Å²) in [6.45, 7) is 4.29. The van der Waals surface area contributed by atoms with Gasteiger partial charge in [0.1, 0.15) is 17.8 Å².